The fourth-order valence-corrected chi connectivity index (χ4v) is 2.29. The molecular formula is C16H18N2O3. The van der Waals surface area contributed by atoms with Gasteiger partial charge in [-0.2, -0.15) is 0 Å². The van der Waals surface area contributed by atoms with Crippen molar-refractivity contribution >= 4 is 22.8 Å². The summed E-state index contributed by atoms with van der Waals surface area (Å²) in [7, 11) is 0. The average molecular weight is 286 g/mol. The van der Waals surface area contributed by atoms with Gasteiger partial charge in [-0.25, -0.2) is 0 Å². The number of aryl methyl sites for hydroxylation is 1. The molecule has 1 amide bonds. The fraction of sp³-hybridized carbons (Fsp3) is 0.312. The van der Waals surface area contributed by atoms with Gasteiger partial charge in [0.25, 0.3) is 5.91 Å². The molecule has 5 heteroatoms. The standard InChI is InChI=1S/C16H18N2O3/c1-10-8-12(11-6-4-5-7-13(11)17-10)15(21)18-16(2,3)9-14(19)20/h4-8H,9H2,1-3H3,(H,18,21)(H,19,20). The van der Waals surface area contributed by atoms with Crippen LogP contribution in [-0.2, 0) is 4.79 Å². The minimum Gasteiger partial charge on any atom is -0.481 e. The van der Waals surface area contributed by atoms with Gasteiger partial charge in [-0.1, -0.05) is 18.2 Å². The lowest BCUT2D eigenvalue weighted by Gasteiger charge is -2.24. The molecule has 1 aromatic carbocycles. The van der Waals surface area contributed by atoms with Gasteiger partial charge in [-0.05, 0) is 32.9 Å². The molecule has 0 aliphatic carbocycles. The Morgan fingerprint density at radius 1 is 1.29 bits per heavy atom. The summed E-state index contributed by atoms with van der Waals surface area (Å²) in [5.41, 5.74) is 1.19. The van der Waals surface area contributed by atoms with Gasteiger partial charge < -0.3 is 10.4 Å². The minimum absolute atomic E-state index is 0.138. The van der Waals surface area contributed by atoms with E-state index in [1.807, 2.05) is 31.2 Å². The van der Waals surface area contributed by atoms with Crippen LogP contribution in [0.4, 0.5) is 0 Å². The smallest absolute Gasteiger partial charge is 0.305 e. The number of nitrogens with one attached hydrogen (secondary N) is 1. The second kappa shape index (κ2) is 5.52. The molecule has 0 saturated carbocycles. The van der Waals surface area contributed by atoms with Crippen LogP contribution < -0.4 is 5.32 Å². The molecule has 0 aliphatic heterocycles. The monoisotopic (exact) mass is 286 g/mol. The van der Waals surface area contributed by atoms with E-state index >= 15 is 0 Å². The lowest BCUT2D eigenvalue weighted by molar-refractivity contribution is -0.138. The third-order valence-corrected chi connectivity index (χ3v) is 3.13. The zero-order chi connectivity index (χ0) is 15.6. The van der Waals surface area contributed by atoms with Crippen molar-refractivity contribution in [2.24, 2.45) is 0 Å². The van der Waals surface area contributed by atoms with Crippen LogP contribution in [0.3, 0.4) is 0 Å². The van der Waals surface area contributed by atoms with Crippen LogP contribution in [-0.4, -0.2) is 27.5 Å². The van der Waals surface area contributed by atoms with Crippen molar-refractivity contribution < 1.29 is 14.7 Å². The van der Waals surface area contributed by atoms with Crippen molar-refractivity contribution in [3.8, 4) is 0 Å². The number of amides is 1. The minimum atomic E-state index is -0.948. The molecule has 0 bridgehead atoms. The van der Waals surface area contributed by atoms with E-state index in [-0.39, 0.29) is 12.3 Å². The number of carbonyl (C=O) groups excluding carboxylic acids is 1. The first-order valence-corrected chi connectivity index (χ1v) is 6.69. The van der Waals surface area contributed by atoms with Gasteiger partial charge in [0.05, 0.1) is 17.5 Å². The molecule has 2 aromatic rings. The van der Waals surface area contributed by atoms with Crippen LogP contribution in [0.2, 0.25) is 0 Å². The van der Waals surface area contributed by atoms with E-state index in [0.29, 0.717) is 5.56 Å². The molecule has 1 heterocycles. The molecule has 0 saturated heterocycles. The van der Waals surface area contributed by atoms with Crippen molar-refractivity contribution in [3.63, 3.8) is 0 Å². The van der Waals surface area contributed by atoms with E-state index in [0.717, 1.165) is 16.6 Å². The number of fused-ring (bicyclic) bond motifs is 1. The van der Waals surface area contributed by atoms with Crippen LogP contribution in [0.5, 0.6) is 0 Å². The zero-order valence-electron chi connectivity index (χ0n) is 12.3. The van der Waals surface area contributed by atoms with Crippen LogP contribution in [0, 0.1) is 6.92 Å². The van der Waals surface area contributed by atoms with Crippen LogP contribution in [0.1, 0.15) is 36.3 Å². The molecule has 0 unspecified atom stereocenters. The van der Waals surface area contributed by atoms with Crippen molar-refractivity contribution in [3.05, 3.63) is 41.6 Å². The number of carboxylic acids is 1. The molecule has 110 valence electrons. The maximum Gasteiger partial charge on any atom is 0.305 e. The number of benzene rings is 1. The number of aliphatic carboxylic acids is 1. The summed E-state index contributed by atoms with van der Waals surface area (Å²) in [5, 5.41) is 12.4. The van der Waals surface area contributed by atoms with Gasteiger partial charge >= 0.3 is 5.97 Å². The Balaban J connectivity index is 2.38. The first-order chi connectivity index (χ1) is 9.78. The Kier molecular flexibility index (Phi) is 3.93. The number of nitrogens with zero attached hydrogens (tertiary/aromatic N) is 1. The summed E-state index contributed by atoms with van der Waals surface area (Å²) in [5.74, 6) is -1.24. The summed E-state index contributed by atoms with van der Waals surface area (Å²) in [6.45, 7) is 5.20. The number of para-hydroxylation sites is 1. The number of aromatic nitrogens is 1. The molecule has 0 radical (unpaired) electrons. The molecular weight excluding hydrogens is 268 g/mol. The van der Waals surface area contributed by atoms with E-state index in [4.69, 9.17) is 5.11 Å². The third kappa shape index (κ3) is 3.56. The fourth-order valence-electron chi connectivity index (χ4n) is 2.29. The van der Waals surface area contributed by atoms with Gasteiger partial charge in [0.2, 0.25) is 0 Å². The molecule has 0 fully saturated rings. The molecule has 5 nitrogen and oxygen atoms in total. The van der Waals surface area contributed by atoms with E-state index in [2.05, 4.69) is 10.3 Å². The van der Waals surface area contributed by atoms with Crippen molar-refractivity contribution in [2.75, 3.05) is 0 Å². The average Bonchev–Trinajstić information content (AvgIpc) is 2.35. The molecule has 1 aromatic heterocycles. The van der Waals surface area contributed by atoms with Crippen LogP contribution in [0.25, 0.3) is 10.9 Å². The first-order valence-electron chi connectivity index (χ1n) is 6.69. The number of carboxylic acid groups (broad SMARTS) is 1. The molecule has 0 atom stereocenters. The van der Waals surface area contributed by atoms with E-state index < -0.39 is 11.5 Å². The number of rotatable bonds is 4. The van der Waals surface area contributed by atoms with Crippen molar-refractivity contribution in [1.29, 1.82) is 0 Å². The molecule has 21 heavy (non-hydrogen) atoms. The highest BCUT2D eigenvalue weighted by Gasteiger charge is 2.25. The second-order valence-corrected chi connectivity index (χ2v) is 5.74. The Morgan fingerprint density at radius 3 is 2.62 bits per heavy atom. The molecule has 0 aliphatic rings. The third-order valence-electron chi connectivity index (χ3n) is 3.13. The lowest BCUT2D eigenvalue weighted by atomic mass is 9.99. The Bertz CT molecular complexity index is 708. The number of carbonyl (C=O) groups is 2. The highest BCUT2D eigenvalue weighted by molar-refractivity contribution is 6.06. The second-order valence-electron chi connectivity index (χ2n) is 5.74. The van der Waals surface area contributed by atoms with Gasteiger partial charge in [-0.3, -0.25) is 14.6 Å². The highest BCUT2D eigenvalue weighted by Crippen LogP contribution is 2.19. The topological polar surface area (TPSA) is 79.3 Å². The number of hydrogen-bond donors (Lipinski definition) is 2. The van der Waals surface area contributed by atoms with Crippen molar-refractivity contribution in [2.45, 2.75) is 32.7 Å². The molecule has 0 spiro atoms. The summed E-state index contributed by atoms with van der Waals surface area (Å²) < 4.78 is 0. The predicted molar refractivity (Wildman–Crippen MR) is 80.3 cm³/mol. The quantitative estimate of drug-likeness (QED) is 0.905. The molecule has 2 rings (SSSR count). The van der Waals surface area contributed by atoms with E-state index in [1.165, 1.54) is 0 Å². The lowest BCUT2D eigenvalue weighted by Crippen LogP contribution is -2.45. The molecule has 2 N–H and O–H groups in total. The Labute approximate surface area is 123 Å². The first kappa shape index (κ1) is 15.0. The Morgan fingerprint density at radius 2 is 1.95 bits per heavy atom. The van der Waals surface area contributed by atoms with Gasteiger partial charge in [-0.15, -0.1) is 0 Å². The van der Waals surface area contributed by atoms with Crippen LogP contribution in [0.15, 0.2) is 30.3 Å². The number of hydrogen-bond acceptors (Lipinski definition) is 3. The van der Waals surface area contributed by atoms with Crippen LogP contribution >= 0.6 is 0 Å². The maximum absolute atomic E-state index is 12.5. The summed E-state index contributed by atoms with van der Waals surface area (Å²) in [6, 6.07) is 9.11. The van der Waals surface area contributed by atoms with E-state index in [1.54, 1.807) is 19.9 Å². The van der Waals surface area contributed by atoms with E-state index in [9.17, 15) is 9.59 Å². The predicted octanol–water partition coefficient (Wildman–Crippen LogP) is 2.53. The summed E-state index contributed by atoms with van der Waals surface area (Å²) in [6.07, 6.45) is -0.138. The Hall–Kier alpha value is -2.43. The normalized spacial score (nSPS) is 11.4. The zero-order valence-corrected chi connectivity index (χ0v) is 12.3. The SMILES string of the molecule is Cc1cc(C(=O)NC(C)(C)CC(=O)O)c2ccccc2n1. The maximum atomic E-state index is 12.5. The highest BCUT2D eigenvalue weighted by atomic mass is 16.4. The van der Waals surface area contributed by atoms with Crippen molar-refractivity contribution in [1.82, 2.24) is 10.3 Å². The summed E-state index contributed by atoms with van der Waals surface area (Å²) in [4.78, 5) is 27.7. The van der Waals surface area contributed by atoms with Gasteiger partial charge in [0.1, 0.15) is 0 Å². The van der Waals surface area contributed by atoms with Gasteiger partial charge in [0.15, 0.2) is 0 Å². The van der Waals surface area contributed by atoms with Gasteiger partial charge in [0, 0.05) is 16.6 Å². The largest absolute Gasteiger partial charge is 0.481 e. The summed E-state index contributed by atoms with van der Waals surface area (Å²) >= 11 is 0. The number of pyridine rings is 1.